The number of ether oxygens (including phenoxy) is 1. The molecule has 3 rings (SSSR count). The second-order valence-corrected chi connectivity index (χ2v) is 6.49. The summed E-state index contributed by atoms with van der Waals surface area (Å²) in [5, 5.41) is 3.03. The Morgan fingerprint density at radius 1 is 1.28 bits per heavy atom. The number of imide groups is 1. The molecule has 2 amide bonds. The first-order valence-electron chi connectivity index (χ1n) is 8.41. The largest absolute Gasteiger partial charge is 0.465 e. The van der Waals surface area contributed by atoms with Gasteiger partial charge in [-0.1, -0.05) is 18.2 Å². The van der Waals surface area contributed by atoms with Gasteiger partial charge < -0.3 is 4.74 Å². The van der Waals surface area contributed by atoms with Gasteiger partial charge in [0.2, 0.25) is 11.8 Å². The second kappa shape index (κ2) is 6.22. The van der Waals surface area contributed by atoms with Gasteiger partial charge in [-0.25, -0.2) is 4.39 Å². The summed E-state index contributed by atoms with van der Waals surface area (Å²) in [5.74, 6) is -3.64. The lowest BCUT2D eigenvalue weighted by molar-refractivity contribution is -0.155. The van der Waals surface area contributed by atoms with Crippen molar-refractivity contribution in [2.45, 2.75) is 32.4 Å². The molecule has 0 radical (unpaired) electrons. The summed E-state index contributed by atoms with van der Waals surface area (Å²) in [7, 11) is 0. The highest BCUT2D eigenvalue weighted by Crippen LogP contribution is 2.49. The number of carbonyl (C=O) groups excluding carboxylic acids is 3. The van der Waals surface area contributed by atoms with E-state index in [0.29, 0.717) is 0 Å². The lowest BCUT2D eigenvalue weighted by Gasteiger charge is -2.28. The van der Waals surface area contributed by atoms with Crippen molar-refractivity contribution in [2.24, 2.45) is 11.8 Å². The Morgan fingerprint density at radius 3 is 2.56 bits per heavy atom. The molecule has 2 saturated heterocycles. The fraction of sp³-hybridized carbons (Fsp3) is 0.500. The van der Waals surface area contributed by atoms with Crippen molar-refractivity contribution < 1.29 is 23.5 Å². The quantitative estimate of drug-likeness (QED) is 0.658. The minimum atomic E-state index is -1.38. The highest BCUT2D eigenvalue weighted by atomic mass is 19.1. The molecule has 0 aliphatic carbocycles. The van der Waals surface area contributed by atoms with E-state index >= 15 is 0 Å². The Hall–Kier alpha value is -2.28. The van der Waals surface area contributed by atoms with Crippen LogP contribution in [0.2, 0.25) is 0 Å². The molecule has 1 aromatic carbocycles. The molecule has 6 nitrogen and oxygen atoms in total. The lowest BCUT2D eigenvalue weighted by atomic mass is 9.80. The standard InChI is InChI=1S/C18H21FN2O4/c1-4-21-15(22)12-13(16(21)23)18(3,17(24)25-5-2)20-14(12)10-8-6-7-9-11(10)19/h6-9,12-14,20H,4-5H2,1-3H3/t12-,13+,14+,18+/m0/s1. The summed E-state index contributed by atoms with van der Waals surface area (Å²) >= 11 is 0. The number of amides is 2. The number of halogens is 1. The SMILES string of the molecule is CCOC(=O)[C@]1(C)N[C@H](c2ccccc2F)[C@H]2C(=O)N(CC)C(=O)[C@@H]21. The van der Waals surface area contributed by atoms with Crippen LogP contribution in [0.25, 0.3) is 0 Å². The van der Waals surface area contributed by atoms with Crippen LogP contribution in [0, 0.1) is 17.7 Å². The fourth-order valence-electron chi connectivity index (χ4n) is 3.97. The Morgan fingerprint density at radius 2 is 1.96 bits per heavy atom. The van der Waals surface area contributed by atoms with E-state index in [1.807, 2.05) is 0 Å². The molecule has 0 aromatic heterocycles. The molecule has 1 aromatic rings. The van der Waals surface area contributed by atoms with Gasteiger partial charge in [0.1, 0.15) is 11.4 Å². The molecule has 0 unspecified atom stereocenters. The maximum absolute atomic E-state index is 14.3. The van der Waals surface area contributed by atoms with Gasteiger partial charge in [-0.05, 0) is 26.8 Å². The molecule has 7 heteroatoms. The van der Waals surface area contributed by atoms with Crippen LogP contribution < -0.4 is 5.32 Å². The average Bonchev–Trinajstić information content (AvgIpc) is 3.03. The van der Waals surface area contributed by atoms with Crippen LogP contribution >= 0.6 is 0 Å². The summed E-state index contributed by atoms with van der Waals surface area (Å²) in [6, 6.07) is 5.30. The molecule has 0 spiro atoms. The van der Waals surface area contributed by atoms with E-state index in [-0.39, 0.29) is 24.6 Å². The Balaban J connectivity index is 2.11. The number of esters is 1. The van der Waals surface area contributed by atoms with Crippen molar-refractivity contribution in [3.63, 3.8) is 0 Å². The zero-order valence-electron chi connectivity index (χ0n) is 14.4. The van der Waals surface area contributed by atoms with Gasteiger partial charge in [-0.3, -0.25) is 24.6 Å². The Kier molecular flexibility index (Phi) is 4.36. The molecule has 2 aliphatic rings. The highest BCUT2D eigenvalue weighted by molar-refractivity contribution is 6.09. The summed E-state index contributed by atoms with van der Waals surface area (Å²) in [4.78, 5) is 39.3. The molecule has 25 heavy (non-hydrogen) atoms. The van der Waals surface area contributed by atoms with Crippen molar-refractivity contribution in [3.8, 4) is 0 Å². The van der Waals surface area contributed by atoms with Gasteiger partial charge in [-0.15, -0.1) is 0 Å². The third-order valence-electron chi connectivity index (χ3n) is 5.13. The summed E-state index contributed by atoms with van der Waals surface area (Å²) in [6.45, 7) is 5.28. The van der Waals surface area contributed by atoms with Gasteiger partial charge in [0.05, 0.1) is 18.4 Å². The Labute approximate surface area is 145 Å². The minimum Gasteiger partial charge on any atom is -0.465 e. The first-order chi connectivity index (χ1) is 11.9. The molecule has 1 N–H and O–H groups in total. The monoisotopic (exact) mass is 348 g/mol. The number of carbonyl (C=O) groups is 3. The van der Waals surface area contributed by atoms with Crippen LogP contribution in [-0.4, -0.2) is 41.4 Å². The fourth-order valence-corrected chi connectivity index (χ4v) is 3.97. The van der Waals surface area contributed by atoms with Gasteiger partial charge in [0, 0.05) is 18.2 Å². The van der Waals surface area contributed by atoms with E-state index in [1.165, 1.54) is 6.07 Å². The van der Waals surface area contributed by atoms with Crippen molar-refractivity contribution in [1.82, 2.24) is 10.2 Å². The van der Waals surface area contributed by atoms with Crippen molar-refractivity contribution in [2.75, 3.05) is 13.2 Å². The molecule has 134 valence electrons. The molecule has 4 atom stereocenters. The van der Waals surface area contributed by atoms with Crippen molar-refractivity contribution >= 4 is 17.8 Å². The van der Waals surface area contributed by atoms with Gasteiger partial charge >= 0.3 is 5.97 Å². The maximum atomic E-state index is 14.3. The van der Waals surface area contributed by atoms with E-state index in [2.05, 4.69) is 5.32 Å². The van der Waals surface area contributed by atoms with E-state index in [0.717, 1.165) is 4.90 Å². The molecular formula is C18H21FN2O4. The van der Waals surface area contributed by atoms with Crippen LogP contribution in [0.3, 0.4) is 0 Å². The lowest BCUT2D eigenvalue weighted by Crippen LogP contribution is -2.54. The highest BCUT2D eigenvalue weighted by Gasteiger charge is 2.66. The van der Waals surface area contributed by atoms with Crippen LogP contribution in [0.5, 0.6) is 0 Å². The van der Waals surface area contributed by atoms with Gasteiger partial charge in [-0.2, -0.15) is 0 Å². The smallest absolute Gasteiger partial charge is 0.326 e. The zero-order valence-corrected chi connectivity index (χ0v) is 14.4. The number of fused-ring (bicyclic) bond motifs is 1. The van der Waals surface area contributed by atoms with Crippen LogP contribution in [0.1, 0.15) is 32.4 Å². The number of nitrogens with one attached hydrogen (secondary N) is 1. The first-order valence-corrected chi connectivity index (χ1v) is 8.41. The van der Waals surface area contributed by atoms with Crippen molar-refractivity contribution in [1.29, 1.82) is 0 Å². The summed E-state index contributed by atoms with van der Waals surface area (Å²) in [5.41, 5.74) is -1.12. The molecule has 0 saturated carbocycles. The number of rotatable bonds is 4. The van der Waals surface area contributed by atoms with Crippen LogP contribution in [-0.2, 0) is 19.1 Å². The first kappa shape index (κ1) is 17.5. The number of likely N-dealkylation sites (tertiary alicyclic amines) is 1. The number of nitrogens with zero attached hydrogens (tertiary/aromatic N) is 1. The summed E-state index contributed by atoms with van der Waals surface area (Å²) in [6.07, 6.45) is 0. The topological polar surface area (TPSA) is 75.7 Å². The second-order valence-electron chi connectivity index (χ2n) is 6.49. The van der Waals surface area contributed by atoms with E-state index in [9.17, 15) is 18.8 Å². The van der Waals surface area contributed by atoms with Crippen LogP contribution in [0.4, 0.5) is 4.39 Å². The molecule has 2 fully saturated rings. The van der Waals surface area contributed by atoms with Gasteiger partial charge in [0.15, 0.2) is 0 Å². The van der Waals surface area contributed by atoms with Crippen LogP contribution in [0.15, 0.2) is 24.3 Å². The number of benzene rings is 1. The molecule has 2 aliphatic heterocycles. The minimum absolute atomic E-state index is 0.150. The van der Waals surface area contributed by atoms with Crippen molar-refractivity contribution in [3.05, 3.63) is 35.6 Å². The zero-order chi connectivity index (χ0) is 18.4. The number of hydrogen-bond acceptors (Lipinski definition) is 5. The average molecular weight is 348 g/mol. The van der Waals surface area contributed by atoms with Gasteiger partial charge in [0.25, 0.3) is 0 Å². The predicted molar refractivity (Wildman–Crippen MR) is 86.7 cm³/mol. The Bertz CT molecular complexity index is 738. The number of hydrogen-bond donors (Lipinski definition) is 1. The van der Waals surface area contributed by atoms with E-state index in [1.54, 1.807) is 39.0 Å². The third kappa shape index (κ3) is 2.45. The predicted octanol–water partition coefficient (Wildman–Crippen LogP) is 1.41. The molecular weight excluding hydrogens is 327 g/mol. The summed E-state index contributed by atoms with van der Waals surface area (Å²) < 4.78 is 19.5. The third-order valence-corrected chi connectivity index (χ3v) is 5.13. The normalized spacial score (nSPS) is 31.4. The molecule has 2 heterocycles. The van der Waals surface area contributed by atoms with E-state index in [4.69, 9.17) is 4.74 Å². The molecule has 0 bridgehead atoms. The maximum Gasteiger partial charge on any atom is 0.326 e. The van der Waals surface area contributed by atoms with E-state index < -0.39 is 41.1 Å².